The van der Waals surface area contributed by atoms with Crippen molar-refractivity contribution in [3.8, 4) is 11.5 Å². The summed E-state index contributed by atoms with van der Waals surface area (Å²) in [5.41, 5.74) is 2.57. The van der Waals surface area contributed by atoms with Gasteiger partial charge in [0.25, 0.3) is 5.22 Å². The average Bonchev–Trinajstić information content (AvgIpc) is 3.09. The summed E-state index contributed by atoms with van der Waals surface area (Å²) in [5, 5.41) is 12.0. The maximum absolute atomic E-state index is 12.1. The van der Waals surface area contributed by atoms with Crippen LogP contribution in [0.5, 0.6) is 0 Å². The van der Waals surface area contributed by atoms with Gasteiger partial charge in [0.05, 0.1) is 16.3 Å². The van der Waals surface area contributed by atoms with Gasteiger partial charge in [-0.05, 0) is 42.3 Å². The highest BCUT2D eigenvalue weighted by atomic mass is 35.5. The minimum Gasteiger partial charge on any atom is -0.411 e. The molecule has 8 heteroatoms. The molecule has 0 aliphatic carbocycles. The Morgan fingerprint density at radius 2 is 1.92 bits per heavy atom. The Hall–Kier alpha value is -2.02. The van der Waals surface area contributed by atoms with Gasteiger partial charge in [0, 0.05) is 10.7 Å². The quantitative estimate of drug-likeness (QED) is 0.558. The third-order valence-electron chi connectivity index (χ3n) is 3.54. The molecule has 0 aliphatic heterocycles. The van der Waals surface area contributed by atoms with Crippen molar-refractivity contribution in [1.82, 2.24) is 10.2 Å². The highest BCUT2D eigenvalue weighted by Gasteiger charge is 2.14. The van der Waals surface area contributed by atoms with E-state index < -0.39 is 0 Å². The molecule has 5 nitrogen and oxygen atoms in total. The maximum Gasteiger partial charge on any atom is 0.277 e. The molecule has 134 valence electrons. The fraction of sp³-hybridized carbons (Fsp3) is 0.167. The number of thioether (sulfide) groups is 1. The lowest BCUT2D eigenvalue weighted by molar-refractivity contribution is -0.113. The van der Waals surface area contributed by atoms with E-state index in [0.717, 1.165) is 23.9 Å². The summed E-state index contributed by atoms with van der Waals surface area (Å²) in [6.07, 6.45) is 0.960. The van der Waals surface area contributed by atoms with E-state index in [9.17, 15) is 4.79 Å². The number of rotatable bonds is 6. The largest absolute Gasteiger partial charge is 0.411 e. The standard InChI is InChI=1S/C18H15Cl2N3O2S/c1-2-11-3-6-13(7-4-11)21-16(24)10-26-18-23-22-17(25-18)14-8-5-12(19)9-15(14)20/h3-9H,2,10H2,1H3,(H,21,24). The van der Waals surface area contributed by atoms with Gasteiger partial charge >= 0.3 is 0 Å². The molecular weight excluding hydrogens is 393 g/mol. The second-order valence-electron chi connectivity index (χ2n) is 5.38. The average molecular weight is 408 g/mol. The lowest BCUT2D eigenvalue weighted by Gasteiger charge is -2.04. The Bertz CT molecular complexity index is 913. The van der Waals surface area contributed by atoms with Crippen molar-refractivity contribution >= 4 is 46.6 Å². The lowest BCUT2D eigenvalue weighted by atomic mass is 10.1. The molecule has 3 aromatic rings. The number of carbonyl (C=O) groups excluding carboxylic acids is 1. The van der Waals surface area contributed by atoms with Crippen molar-refractivity contribution in [3.05, 3.63) is 58.1 Å². The molecule has 0 spiro atoms. The summed E-state index contributed by atoms with van der Waals surface area (Å²) in [4.78, 5) is 12.1. The first-order valence-electron chi connectivity index (χ1n) is 7.85. The van der Waals surface area contributed by atoms with Crippen LogP contribution in [0.3, 0.4) is 0 Å². The van der Waals surface area contributed by atoms with Crippen molar-refractivity contribution in [2.24, 2.45) is 0 Å². The van der Waals surface area contributed by atoms with Gasteiger partial charge in [-0.1, -0.05) is 54.0 Å². The third-order valence-corrected chi connectivity index (χ3v) is 4.91. The second-order valence-corrected chi connectivity index (χ2v) is 7.15. The van der Waals surface area contributed by atoms with Crippen LogP contribution in [0.1, 0.15) is 12.5 Å². The molecule has 26 heavy (non-hydrogen) atoms. The van der Waals surface area contributed by atoms with Crippen LogP contribution < -0.4 is 5.32 Å². The first-order valence-corrected chi connectivity index (χ1v) is 9.60. The van der Waals surface area contributed by atoms with Crippen molar-refractivity contribution in [3.63, 3.8) is 0 Å². The van der Waals surface area contributed by atoms with Gasteiger partial charge in [-0.25, -0.2) is 0 Å². The zero-order chi connectivity index (χ0) is 18.5. The highest BCUT2D eigenvalue weighted by Crippen LogP contribution is 2.31. The number of nitrogens with zero attached hydrogens (tertiary/aromatic N) is 2. The van der Waals surface area contributed by atoms with Crippen LogP contribution in [0.25, 0.3) is 11.5 Å². The molecule has 0 atom stereocenters. The first-order chi connectivity index (χ1) is 12.5. The van der Waals surface area contributed by atoms with Gasteiger partial charge in [0.15, 0.2) is 0 Å². The van der Waals surface area contributed by atoms with Crippen LogP contribution >= 0.6 is 35.0 Å². The van der Waals surface area contributed by atoms with E-state index in [1.165, 1.54) is 5.56 Å². The number of carbonyl (C=O) groups is 1. The number of aromatic nitrogens is 2. The van der Waals surface area contributed by atoms with Crippen LogP contribution in [-0.2, 0) is 11.2 Å². The predicted octanol–water partition coefficient (Wildman–Crippen LogP) is 5.34. The van der Waals surface area contributed by atoms with Crippen molar-refractivity contribution in [1.29, 1.82) is 0 Å². The number of anilines is 1. The minimum absolute atomic E-state index is 0.150. The molecule has 0 fully saturated rings. The minimum atomic E-state index is -0.150. The van der Waals surface area contributed by atoms with Gasteiger partial charge in [-0.15, -0.1) is 10.2 Å². The Balaban J connectivity index is 1.58. The van der Waals surface area contributed by atoms with Gasteiger partial charge < -0.3 is 9.73 Å². The van der Waals surface area contributed by atoms with Crippen LogP contribution in [0.15, 0.2) is 52.1 Å². The van der Waals surface area contributed by atoms with E-state index >= 15 is 0 Å². The summed E-state index contributed by atoms with van der Waals surface area (Å²) in [5.74, 6) is 0.291. The number of benzene rings is 2. The predicted molar refractivity (Wildman–Crippen MR) is 105 cm³/mol. The molecule has 0 saturated heterocycles. The molecule has 1 heterocycles. The van der Waals surface area contributed by atoms with Crippen molar-refractivity contribution in [2.45, 2.75) is 18.6 Å². The number of aryl methyl sites for hydroxylation is 1. The molecule has 0 aliphatic rings. The van der Waals surface area contributed by atoms with E-state index in [0.29, 0.717) is 20.8 Å². The van der Waals surface area contributed by atoms with E-state index in [2.05, 4.69) is 22.4 Å². The van der Waals surface area contributed by atoms with Gasteiger partial charge in [0.2, 0.25) is 11.8 Å². The fourth-order valence-electron chi connectivity index (χ4n) is 2.19. The van der Waals surface area contributed by atoms with E-state index in [1.807, 2.05) is 24.3 Å². The molecule has 0 saturated carbocycles. The Morgan fingerprint density at radius 3 is 2.62 bits per heavy atom. The summed E-state index contributed by atoms with van der Waals surface area (Å²) in [7, 11) is 0. The zero-order valence-corrected chi connectivity index (χ0v) is 16.2. The summed E-state index contributed by atoms with van der Waals surface area (Å²) in [6.45, 7) is 2.08. The Kier molecular flexibility index (Phi) is 6.19. The topological polar surface area (TPSA) is 68.0 Å². The second kappa shape index (κ2) is 8.58. The molecule has 1 aromatic heterocycles. The maximum atomic E-state index is 12.1. The molecule has 0 bridgehead atoms. The Morgan fingerprint density at radius 1 is 1.15 bits per heavy atom. The zero-order valence-electron chi connectivity index (χ0n) is 13.8. The Labute approximate surface area is 165 Å². The molecular formula is C18H15Cl2N3O2S. The van der Waals surface area contributed by atoms with Gasteiger partial charge in [0.1, 0.15) is 0 Å². The molecule has 0 radical (unpaired) electrons. The number of hydrogen-bond donors (Lipinski definition) is 1. The molecule has 3 rings (SSSR count). The number of halogens is 2. The lowest BCUT2D eigenvalue weighted by Crippen LogP contribution is -2.13. The summed E-state index contributed by atoms with van der Waals surface area (Å²) < 4.78 is 5.55. The smallest absolute Gasteiger partial charge is 0.277 e. The van der Waals surface area contributed by atoms with Crippen molar-refractivity contribution in [2.75, 3.05) is 11.1 Å². The first kappa shape index (κ1) is 18.8. The van der Waals surface area contributed by atoms with Crippen molar-refractivity contribution < 1.29 is 9.21 Å². The molecule has 2 aromatic carbocycles. The molecule has 0 unspecified atom stereocenters. The molecule has 1 amide bonds. The monoisotopic (exact) mass is 407 g/mol. The van der Waals surface area contributed by atoms with Crippen LogP contribution in [-0.4, -0.2) is 21.9 Å². The summed E-state index contributed by atoms with van der Waals surface area (Å²) in [6, 6.07) is 12.7. The fourth-order valence-corrected chi connectivity index (χ4v) is 3.24. The van der Waals surface area contributed by atoms with Gasteiger partial charge in [-0.3, -0.25) is 4.79 Å². The SMILES string of the molecule is CCc1ccc(NC(=O)CSc2nnc(-c3ccc(Cl)cc3Cl)o2)cc1. The highest BCUT2D eigenvalue weighted by molar-refractivity contribution is 7.99. The normalized spacial score (nSPS) is 10.7. The number of amides is 1. The van der Waals surface area contributed by atoms with E-state index in [4.69, 9.17) is 27.6 Å². The van der Waals surface area contributed by atoms with Gasteiger partial charge in [-0.2, -0.15) is 0 Å². The number of nitrogens with one attached hydrogen (secondary N) is 1. The summed E-state index contributed by atoms with van der Waals surface area (Å²) >= 11 is 13.2. The number of hydrogen-bond acceptors (Lipinski definition) is 5. The van der Waals surface area contributed by atoms with E-state index in [-0.39, 0.29) is 17.6 Å². The van der Waals surface area contributed by atoms with Crippen LogP contribution in [0, 0.1) is 0 Å². The molecule has 1 N–H and O–H groups in total. The van der Waals surface area contributed by atoms with E-state index in [1.54, 1.807) is 18.2 Å². The van der Waals surface area contributed by atoms with Crippen LogP contribution in [0.4, 0.5) is 5.69 Å². The third kappa shape index (κ3) is 4.78. The van der Waals surface area contributed by atoms with Crippen LogP contribution in [0.2, 0.25) is 10.0 Å².